The van der Waals surface area contributed by atoms with Crippen LogP contribution in [-0.4, -0.2) is 24.9 Å². The van der Waals surface area contributed by atoms with Crippen LogP contribution in [0, 0.1) is 5.82 Å². The first kappa shape index (κ1) is 20.8. The lowest BCUT2D eigenvalue weighted by molar-refractivity contribution is -0.120. The molecule has 0 saturated heterocycles. The van der Waals surface area contributed by atoms with Gasteiger partial charge in [-0.1, -0.05) is 6.07 Å². The van der Waals surface area contributed by atoms with Crippen LogP contribution in [0.4, 0.5) is 21.5 Å². The van der Waals surface area contributed by atoms with E-state index in [9.17, 15) is 14.0 Å². The van der Waals surface area contributed by atoms with Crippen LogP contribution >= 0.6 is 11.3 Å². The summed E-state index contributed by atoms with van der Waals surface area (Å²) in [5.74, 6) is -1.19. The van der Waals surface area contributed by atoms with E-state index < -0.39 is 5.91 Å². The predicted molar refractivity (Wildman–Crippen MR) is 124 cm³/mol. The van der Waals surface area contributed by atoms with Gasteiger partial charge in [0.2, 0.25) is 0 Å². The van der Waals surface area contributed by atoms with Crippen molar-refractivity contribution in [1.82, 2.24) is 0 Å². The van der Waals surface area contributed by atoms with Crippen LogP contribution in [-0.2, 0) is 9.59 Å². The number of halogens is 1. The lowest BCUT2D eigenvalue weighted by Crippen LogP contribution is -2.32. The summed E-state index contributed by atoms with van der Waals surface area (Å²) in [4.78, 5) is 30.7. The maximum Gasteiger partial charge on any atom is 0.282 e. The molecule has 0 fully saturated rings. The zero-order valence-electron chi connectivity index (χ0n) is 17.3. The van der Waals surface area contributed by atoms with Crippen LogP contribution in [0.25, 0.3) is 5.57 Å². The van der Waals surface area contributed by atoms with Gasteiger partial charge in [0.15, 0.2) is 0 Å². The third-order valence-electron chi connectivity index (χ3n) is 5.20. The van der Waals surface area contributed by atoms with Gasteiger partial charge < -0.3 is 10.2 Å². The largest absolute Gasteiger partial charge is 0.372 e. The molecule has 1 N–H and O–H groups in total. The highest BCUT2D eigenvalue weighted by Crippen LogP contribution is 2.36. The number of rotatable bonds is 7. The number of nitrogens with zero attached hydrogens (tertiary/aromatic N) is 2. The Hall–Kier alpha value is -3.45. The second-order valence-corrected chi connectivity index (χ2v) is 7.94. The van der Waals surface area contributed by atoms with Gasteiger partial charge in [0, 0.05) is 29.3 Å². The van der Waals surface area contributed by atoms with Gasteiger partial charge in [-0.2, -0.15) is 0 Å². The monoisotopic (exact) mass is 435 g/mol. The molecule has 2 amide bonds. The number of hydrogen-bond donors (Lipinski definition) is 1. The van der Waals surface area contributed by atoms with Crippen LogP contribution in [0.5, 0.6) is 0 Å². The maximum atomic E-state index is 13.3. The van der Waals surface area contributed by atoms with Crippen LogP contribution in [0.3, 0.4) is 0 Å². The Balaban J connectivity index is 1.70. The summed E-state index contributed by atoms with van der Waals surface area (Å²) in [5, 5.41) is 4.89. The number of imide groups is 1. The third-order valence-corrected chi connectivity index (χ3v) is 6.09. The normalized spacial score (nSPS) is 13.8. The maximum absolute atomic E-state index is 13.3. The number of carbonyl (C=O) groups is 2. The van der Waals surface area contributed by atoms with E-state index in [0.29, 0.717) is 21.8 Å². The Kier molecular flexibility index (Phi) is 5.86. The molecule has 0 aliphatic carbocycles. The Morgan fingerprint density at radius 3 is 2.19 bits per heavy atom. The van der Waals surface area contributed by atoms with Gasteiger partial charge in [-0.25, -0.2) is 9.29 Å². The van der Waals surface area contributed by atoms with Crippen molar-refractivity contribution in [3.8, 4) is 0 Å². The second kappa shape index (κ2) is 8.73. The number of thiophene rings is 1. The van der Waals surface area contributed by atoms with Crippen molar-refractivity contribution in [2.45, 2.75) is 13.8 Å². The van der Waals surface area contributed by atoms with Gasteiger partial charge in [-0.15, -0.1) is 11.3 Å². The highest BCUT2D eigenvalue weighted by Gasteiger charge is 2.40. The summed E-state index contributed by atoms with van der Waals surface area (Å²) in [7, 11) is 0. The molecule has 0 spiro atoms. The van der Waals surface area contributed by atoms with E-state index in [1.54, 1.807) is 12.1 Å². The molecule has 31 heavy (non-hydrogen) atoms. The van der Waals surface area contributed by atoms with Gasteiger partial charge in [0.05, 0.1) is 11.3 Å². The summed E-state index contributed by atoms with van der Waals surface area (Å²) in [5.41, 5.74) is 2.58. The number of amides is 2. The number of hydrogen-bond acceptors (Lipinski definition) is 5. The van der Waals surface area contributed by atoms with Crippen molar-refractivity contribution in [2.75, 3.05) is 28.2 Å². The molecule has 2 aromatic carbocycles. The molecule has 2 heterocycles. The average Bonchev–Trinajstić information content (AvgIpc) is 3.38. The molecule has 1 aliphatic rings. The molecule has 1 aliphatic heterocycles. The summed E-state index contributed by atoms with van der Waals surface area (Å²) in [6, 6.07) is 16.7. The first-order valence-electron chi connectivity index (χ1n) is 10.1. The van der Waals surface area contributed by atoms with E-state index in [2.05, 4.69) is 24.1 Å². The zero-order valence-corrected chi connectivity index (χ0v) is 18.1. The Morgan fingerprint density at radius 2 is 1.61 bits per heavy atom. The van der Waals surface area contributed by atoms with Crippen molar-refractivity contribution in [3.63, 3.8) is 0 Å². The zero-order chi connectivity index (χ0) is 22.0. The Bertz CT molecular complexity index is 1120. The first-order valence-corrected chi connectivity index (χ1v) is 11.0. The third kappa shape index (κ3) is 3.96. The predicted octanol–water partition coefficient (Wildman–Crippen LogP) is 5.13. The molecule has 0 atom stereocenters. The van der Waals surface area contributed by atoms with E-state index in [1.807, 2.05) is 29.6 Å². The minimum atomic E-state index is -0.437. The molecule has 1 aromatic heterocycles. The fourth-order valence-corrected chi connectivity index (χ4v) is 4.38. The van der Waals surface area contributed by atoms with E-state index in [-0.39, 0.29) is 17.4 Å². The summed E-state index contributed by atoms with van der Waals surface area (Å²) in [6.07, 6.45) is 0. The van der Waals surface area contributed by atoms with Gasteiger partial charge in [0.1, 0.15) is 11.5 Å². The number of benzene rings is 2. The number of anilines is 3. The Labute approximate surface area is 184 Å². The van der Waals surface area contributed by atoms with Crippen LogP contribution in [0.1, 0.15) is 18.7 Å². The molecule has 0 unspecified atom stereocenters. The topological polar surface area (TPSA) is 52.6 Å². The molecule has 7 heteroatoms. The molecular formula is C24H22FN3O2S. The molecule has 158 valence electrons. The van der Waals surface area contributed by atoms with Crippen LogP contribution < -0.4 is 15.1 Å². The first-order chi connectivity index (χ1) is 15.0. The molecule has 3 aromatic rings. The second-order valence-electron chi connectivity index (χ2n) is 6.99. The summed E-state index contributed by atoms with van der Waals surface area (Å²) < 4.78 is 13.3. The van der Waals surface area contributed by atoms with E-state index in [1.165, 1.54) is 40.5 Å². The van der Waals surface area contributed by atoms with E-state index in [0.717, 1.165) is 18.8 Å². The van der Waals surface area contributed by atoms with Crippen molar-refractivity contribution in [2.24, 2.45) is 0 Å². The summed E-state index contributed by atoms with van der Waals surface area (Å²) >= 11 is 1.39. The highest BCUT2D eigenvalue weighted by molar-refractivity contribution is 7.11. The number of nitrogens with one attached hydrogen (secondary N) is 1. The molecule has 5 nitrogen and oxygen atoms in total. The Morgan fingerprint density at radius 1 is 0.935 bits per heavy atom. The van der Waals surface area contributed by atoms with Crippen molar-refractivity contribution in [3.05, 3.63) is 82.4 Å². The summed E-state index contributed by atoms with van der Waals surface area (Å²) in [6.45, 7) is 5.89. The van der Waals surface area contributed by atoms with E-state index in [4.69, 9.17) is 0 Å². The van der Waals surface area contributed by atoms with Gasteiger partial charge in [0.25, 0.3) is 11.8 Å². The molecule has 0 saturated carbocycles. The molecular weight excluding hydrogens is 413 g/mol. The SMILES string of the molecule is CCN(CC)c1ccc(N2C(=O)C(Nc3ccc(F)cc3)=C(c3cccs3)C2=O)cc1. The fraction of sp³-hybridized carbons (Fsp3) is 0.167. The lowest BCUT2D eigenvalue weighted by atomic mass is 10.2. The molecule has 0 bridgehead atoms. The van der Waals surface area contributed by atoms with E-state index >= 15 is 0 Å². The van der Waals surface area contributed by atoms with Crippen molar-refractivity contribution in [1.29, 1.82) is 0 Å². The van der Waals surface area contributed by atoms with Gasteiger partial charge >= 0.3 is 0 Å². The van der Waals surface area contributed by atoms with Gasteiger partial charge in [-0.3, -0.25) is 9.59 Å². The van der Waals surface area contributed by atoms with Crippen LogP contribution in [0.15, 0.2) is 71.7 Å². The molecule has 0 radical (unpaired) electrons. The highest BCUT2D eigenvalue weighted by atomic mass is 32.1. The standard InChI is InChI=1S/C24H22FN3O2S/c1-3-27(4-2)18-11-13-19(14-12-18)28-23(29)21(20-6-5-15-31-20)22(24(28)30)26-17-9-7-16(25)8-10-17/h5-15,26H,3-4H2,1-2H3. The average molecular weight is 436 g/mol. The number of carbonyl (C=O) groups excluding carboxylic acids is 2. The minimum absolute atomic E-state index is 0.187. The lowest BCUT2D eigenvalue weighted by Gasteiger charge is -2.22. The van der Waals surface area contributed by atoms with Crippen LogP contribution in [0.2, 0.25) is 0 Å². The smallest absolute Gasteiger partial charge is 0.282 e. The quantitative estimate of drug-likeness (QED) is 0.523. The van der Waals surface area contributed by atoms with Crippen molar-refractivity contribution < 1.29 is 14.0 Å². The fourth-order valence-electron chi connectivity index (χ4n) is 3.61. The van der Waals surface area contributed by atoms with Gasteiger partial charge in [-0.05, 0) is 73.8 Å². The molecule has 4 rings (SSSR count). The van der Waals surface area contributed by atoms with Crippen molar-refractivity contribution >= 4 is 45.8 Å². The minimum Gasteiger partial charge on any atom is -0.372 e.